The van der Waals surface area contributed by atoms with Crippen molar-refractivity contribution in [2.75, 3.05) is 4.90 Å². The summed E-state index contributed by atoms with van der Waals surface area (Å²) < 4.78 is 15.6. The number of rotatable bonds is 3. The maximum absolute atomic E-state index is 13.6. The lowest BCUT2D eigenvalue weighted by Crippen LogP contribution is -2.54. The first-order chi connectivity index (χ1) is 14.8. The van der Waals surface area contributed by atoms with Crippen molar-refractivity contribution in [1.29, 1.82) is 0 Å². The van der Waals surface area contributed by atoms with Crippen molar-refractivity contribution in [3.63, 3.8) is 0 Å². The average Bonchev–Trinajstić information content (AvgIpc) is 3.01. The maximum atomic E-state index is 13.6. The molecule has 1 aliphatic rings. The van der Waals surface area contributed by atoms with Gasteiger partial charge in [-0.2, -0.15) is 0 Å². The van der Waals surface area contributed by atoms with Crippen molar-refractivity contribution in [2.45, 2.75) is 13.8 Å². The zero-order chi connectivity index (χ0) is 22.3. The van der Waals surface area contributed by atoms with Gasteiger partial charge in [0.2, 0.25) is 0 Å². The fourth-order valence-electron chi connectivity index (χ4n) is 3.58. The second kappa shape index (κ2) is 8.09. The molecule has 0 spiro atoms. The number of thiocarbonyl (C=S) groups is 1. The number of benzene rings is 2. The summed E-state index contributed by atoms with van der Waals surface area (Å²) in [5.74, 6) is -1.82. The number of aromatic nitrogens is 1. The smallest absolute Gasteiger partial charge is 0.270 e. The second-order valence-corrected chi connectivity index (χ2v) is 7.85. The lowest BCUT2D eigenvalue weighted by molar-refractivity contribution is -0.122. The first-order valence-electron chi connectivity index (χ1n) is 9.39. The van der Waals surface area contributed by atoms with Crippen LogP contribution in [0.2, 0.25) is 5.02 Å². The van der Waals surface area contributed by atoms with E-state index in [1.807, 2.05) is 54.8 Å². The number of para-hydroxylation sites is 1. The Labute approximate surface area is 188 Å². The van der Waals surface area contributed by atoms with E-state index in [4.69, 9.17) is 23.8 Å². The highest BCUT2D eigenvalue weighted by Crippen LogP contribution is 2.28. The predicted molar refractivity (Wildman–Crippen MR) is 123 cm³/mol. The molecule has 0 radical (unpaired) electrons. The molecule has 0 saturated carbocycles. The molecule has 5 nitrogen and oxygen atoms in total. The van der Waals surface area contributed by atoms with Crippen LogP contribution in [0.3, 0.4) is 0 Å². The van der Waals surface area contributed by atoms with Crippen LogP contribution >= 0.6 is 23.8 Å². The van der Waals surface area contributed by atoms with E-state index >= 15 is 0 Å². The Morgan fingerprint density at radius 2 is 1.74 bits per heavy atom. The molecule has 2 heterocycles. The molecule has 0 atom stereocenters. The standard InChI is InChI=1S/C23H17ClFN3O2S/c1-13-10-15(14(2)27(13)16-6-4-3-5-7-16)11-18-21(29)26-23(31)28(22(18)30)17-8-9-20(25)19(24)12-17/h3-12H,1-2H3,(H,26,29,31)/b18-11-. The third-order valence-corrected chi connectivity index (χ3v) is 5.62. The molecule has 2 aromatic carbocycles. The Hall–Kier alpha value is -3.29. The van der Waals surface area contributed by atoms with E-state index < -0.39 is 17.6 Å². The van der Waals surface area contributed by atoms with E-state index in [0.717, 1.165) is 33.6 Å². The fraction of sp³-hybridized carbons (Fsp3) is 0.0870. The zero-order valence-corrected chi connectivity index (χ0v) is 18.2. The summed E-state index contributed by atoms with van der Waals surface area (Å²) in [5, 5.41) is 2.28. The minimum atomic E-state index is -0.617. The Morgan fingerprint density at radius 3 is 2.42 bits per heavy atom. The summed E-state index contributed by atoms with van der Waals surface area (Å²) in [4.78, 5) is 26.9. The highest BCUT2D eigenvalue weighted by Gasteiger charge is 2.35. The number of hydrogen-bond acceptors (Lipinski definition) is 3. The molecule has 4 rings (SSSR count). The Bertz CT molecular complexity index is 1270. The van der Waals surface area contributed by atoms with Crippen molar-refractivity contribution in [3.05, 3.63) is 88.0 Å². The molecule has 31 heavy (non-hydrogen) atoms. The summed E-state index contributed by atoms with van der Waals surface area (Å²) in [6, 6.07) is 15.5. The number of anilines is 1. The van der Waals surface area contributed by atoms with E-state index in [9.17, 15) is 14.0 Å². The lowest BCUT2D eigenvalue weighted by Gasteiger charge is -2.29. The van der Waals surface area contributed by atoms with Gasteiger partial charge >= 0.3 is 0 Å². The van der Waals surface area contributed by atoms with Crippen molar-refractivity contribution in [1.82, 2.24) is 9.88 Å². The highest BCUT2D eigenvalue weighted by atomic mass is 35.5. The minimum absolute atomic E-state index is 0.0811. The fourth-order valence-corrected chi connectivity index (χ4v) is 4.04. The number of amides is 2. The number of aryl methyl sites for hydroxylation is 1. The van der Waals surface area contributed by atoms with Crippen LogP contribution in [-0.4, -0.2) is 21.5 Å². The summed E-state index contributed by atoms with van der Waals surface area (Å²) in [6.07, 6.45) is 1.54. The molecule has 3 aromatic rings. The first kappa shape index (κ1) is 21.0. The van der Waals surface area contributed by atoms with Gasteiger partial charge in [0.25, 0.3) is 11.8 Å². The SMILES string of the molecule is Cc1cc(/C=C2/C(=O)NC(=S)N(c3ccc(F)c(Cl)c3)C2=O)c(C)n1-c1ccccc1. The topological polar surface area (TPSA) is 54.3 Å². The Morgan fingerprint density at radius 1 is 1.03 bits per heavy atom. The van der Waals surface area contributed by atoms with Gasteiger partial charge in [0.1, 0.15) is 11.4 Å². The molecule has 1 aromatic heterocycles. The van der Waals surface area contributed by atoms with Crippen molar-refractivity contribution < 1.29 is 14.0 Å². The largest absolute Gasteiger partial charge is 0.318 e. The molecule has 1 N–H and O–H groups in total. The zero-order valence-electron chi connectivity index (χ0n) is 16.6. The van der Waals surface area contributed by atoms with Crippen LogP contribution in [0.15, 0.2) is 60.2 Å². The van der Waals surface area contributed by atoms with Crippen LogP contribution in [0.25, 0.3) is 11.8 Å². The monoisotopic (exact) mass is 453 g/mol. The van der Waals surface area contributed by atoms with Gasteiger partial charge in [-0.15, -0.1) is 0 Å². The van der Waals surface area contributed by atoms with E-state index in [-0.39, 0.29) is 21.4 Å². The molecule has 0 aliphatic carbocycles. The normalized spacial score (nSPS) is 15.5. The Kier molecular flexibility index (Phi) is 5.47. The number of carbonyl (C=O) groups excluding carboxylic acids is 2. The van der Waals surface area contributed by atoms with E-state index in [1.54, 1.807) is 6.08 Å². The number of carbonyl (C=O) groups is 2. The Balaban J connectivity index is 1.77. The van der Waals surface area contributed by atoms with Crippen molar-refractivity contribution in [3.8, 4) is 5.69 Å². The van der Waals surface area contributed by atoms with Gasteiger partial charge in [0.05, 0.1) is 10.7 Å². The van der Waals surface area contributed by atoms with Crippen LogP contribution in [0.4, 0.5) is 10.1 Å². The molecule has 1 fully saturated rings. The van der Waals surface area contributed by atoms with Crippen molar-refractivity contribution >= 4 is 52.5 Å². The molecule has 156 valence electrons. The molecule has 1 aliphatic heterocycles. The lowest BCUT2D eigenvalue weighted by atomic mass is 10.1. The summed E-state index contributed by atoms with van der Waals surface area (Å²) in [6.45, 7) is 3.87. The molecule has 0 bridgehead atoms. The van der Waals surface area contributed by atoms with Crippen molar-refractivity contribution in [2.24, 2.45) is 0 Å². The van der Waals surface area contributed by atoms with Gasteiger partial charge in [-0.3, -0.25) is 19.8 Å². The molecule has 2 amide bonds. The quantitative estimate of drug-likeness (QED) is 0.355. The molecular weight excluding hydrogens is 437 g/mol. The van der Waals surface area contributed by atoms with Crippen LogP contribution in [0.1, 0.15) is 17.0 Å². The molecular formula is C23H17ClFN3O2S. The summed E-state index contributed by atoms with van der Waals surface area (Å²) in [7, 11) is 0. The number of hydrogen-bond donors (Lipinski definition) is 1. The molecule has 0 unspecified atom stereocenters. The first-order valence-corrected chi connectivity index (χ1v) is 10.2. The minimum Gasteiger partial charge on any atom is -0.318 e. The van der Waals surface area contributed by atoms with Gasteiger partial charge in [-0.05, 0) is 74.1 Å². The third kappa shape index (κ3) is 3.78. The van der Waals surface area contributed by atoms with Crippen LogP contribution in [-0.2, 0) is 9.59 Å². The number of nitrogens with one attached hydrogen (secondary N) is 1. The third-order valence-electron chi connectivity index (χ3n) is 5.05. The second-order valence-electron chi connectivity index (χ2n) is 7.05. The van der Waals surface area contributed by atoms with E-state index in [1.165, 1.54) is 12.1 Å². The molecule has 8 heteroatoms. The van der Waals surface area contributed by atoms with Crippen LogP contribution in [0, 0.1) is 19.7 Å². The van der Waals surface area contributed by atoms with Crippen LogP contribution in [0.5, 0.6) is 0 Å². The summed E-state index contributed by atoms with van der Waals surface area (Å²) in [5.41, 5.74) is 3.72. The summed E-state index contributed by atoms with van der Waals surface area (Å²) >= 11 is 11.0. The predicted octanol–water partition coefficient (Wildman–Crippen LogP) is 4.72. The number of nitrogens with zero attached hydrogens (tertiary/aromatic N) is 2. The van der Waals surface area contributed by atoms with Gasteiger partial charge in [0, 0.05) is 17.1 Å². The van der Waals surface area contributed by atoms with Gasteiger partial charge in [0.15, 0.2) is 5.11 Å². The van der Waals surface area contributed by atoms with Gasteiger partial charge in [-0.1, -0.05) is 29.8 Å². The van der Waals surface area contributed by atoms with E-state index in [2.05, 4.69) is 5.32 Å². The van der Waals surface area contributed by atoms with E-state index in [0.29, 0.717) is 0 Å². The van der Waals surface area contributed by atoms with Gasteiger partial charge in [-0.25, -0.2) is 4.39 Å². The molecule has 1 saturated heterocycles. The highest BCUT2D eigenvalue weighted by molar-refractivity contribution is 7.80. The van der Waals surface area contributed by atoms with Gasteiger partial charge < -0.3 is 4.57 Å². The van der Waals surface area contributed by atoms with Crippen LogP contribution < -0.4 is 10.2 Å². The number of halogens is 2. The average molecular weight is 454 g/mol. The maximum Gasteiger partial charge on any atom is 0.270 e.